The van der Waals surface area contributed by atoms with Crippen LogP contribution < -0.4 is 10.6 Å². The molecule has 0 aliphatic carbocycles. The van der Waals surface area contributed by atoms with Crippen molar-refractivity contribution in [2.45, 2.75) is 0 Å². The van der Waals surface area contributed by atoms with Crippen LogP contribution in [0.5, 0.6) is 0 Å². The van der Waals surface area contributed by atoms with Crippen LogP contribution >= 0.6 is 0 Å². The van der Waals surface area contributed by atoms with Gasteiger partial charge in [0, 0.05) is 13.1 Å². The summed E-state index contributed by atoms with van der Waals surface area (Å²) in [5.74, 6) is -0.138. The van der Waals surface area contributed by atoms with Crippen molar-refractivity contribution in [3.63, 3.8) is 0 Å². The van der Waals surface area contributed by atoms with Crippen LogP contribution in [0, 0.1) is 0 Å². The molecule has 16 heavy (non-hydrogen) atoms. The van der Waals surface area contributed by atoms with Crippen molar-refractivity contribution in [3.8, 4) is 0 Å². The first-order chi connectivity index (χ1) is 7.74. The number of carbonyl (C=O) groups is 1. The van der Waals surface area contributed by atoms with Crippen LogP contribution in [0.2, 0.25) is 0 Å². The summed E-state index contributed by atoms with van der Waals surface area (Å²) >= 11 is 0. The van der Waals surface area contributed by atoms with E-state index in [0.29, 0.717) is 32.1 Å². The van der Waals surface area contributed by atoms with Crippen LogP contribution in [-0.4, -0.2) is 44.5 Å². The Kier molecular flexibility index (Phi) is 2.95. The van der Waals surface area contributed by atoms with Gasteiger partial charge in [-0.3, -0.25) is 0 Å². The number of methoxy groups -OCH3 is 1. The normalized spacial score (nSPS) is 16.2. The Morgan fingerprint density at radius 2 is 2.19 bits per heavy atom. The van der Waals surface area contributed by atoms with E-state index in [0.717, 1.165) is 0 Å². The average Bonchev–Trinajstić information content (AvgIpc) is 2.71. The predicted molar refractivity (Wildman–Crippen MR) is 55.3 cm³/mol. The lowest BCUT2D eigenvalue weighted by Gasteiger charge is -2.26. The molecule has 7 nitrogen and oxygen atoms in total. The third kappa shape index (κ3) is 1.81. The van der Waals surface area contributed by atoms with E-state index in [1.54, 1.807) is 0 Å². The molecule has 0 saturated carbocycles. The maximum atomic E-state index is 11.5. The van der Waals surface area contributed by atoms with Crippen molar-refractivity contribution in [1.82, 2.24) is 5.16 Å². The highest BCUT2D eigenvalue weighted by Gasteiger charge is 2.27. The lowest BCUT2D eigenvalue weighted by atomic mass is 10.2. The molecule has 1 aliphatic heterocycles. The summed E-state index contributed by atoms with van der Waals surface area (Å²) in [6.07, 6.45) is 0. The van der Waals surface area contributed by atoms with Gasteiger partial charge in [-0.1, -0.05) is 5.16 Å². The van der Waals surface area contributed by atoms with Crippen molar-refractivity contribution >= 4 is 17.7 Å². The minimum Gasteiger partial charge on any atom is -0.465 e. The summed E-state index contributed by atoms with van der Waals surface area (Å²) in [7, 11) is 1.29. The molecule has 1 fully saturated rings. The van der Waals surface area contributed by atoms with Gasteiger partial charge in [-0.25, -0.2) is 4.79 Å². The minimum absolute atomic E-state index is 0.0201. The van der Waals surface area contributed by atoms with Gasteiger partial charge in [-0.2, -0.15) is 0 Å². The van der Waals surface area contributed by atoms with Crippen molar-refractivity contribution in [1.29, 1.82) is 0 Å². The first-order valence-electron chi connectivity index (χ1n) is 4.90. The molecular weight excluding hydrogens is 214 g/mol. The molecule has 0 radical (unpaired) electrons. The molecule has 0 atom stereocenters. The molecule has 1 aliphatic rings. The van der Waals surface area contributed by atoms with Crippen LogP contribution in [0.25, 0.3) is 0 Å². The number of ether oxygens (including phenoxy) is 2. The molecule has 1 saturated heterocycles. The first kappa shape index (κ1) is 10.7. The van der Waals surface area contributed by atoms with Crippen LogP contribution in [0.15, 0.2) is 4.52 Å². The summed E-state index contributed by atoms with van der Waals surface area (Å²) in [6, 6.07) is 0. The highest BCUT2D eigenvalue weighted by atomic mass is 16.5. The average molecular weight is 227 g/mol. The molecule has 2 rings (SSSR count). The maximum absolute atomic E-state index is 11.5. The highest BCUT2D eigenvalue weighted by molar-refractivity contribution is 5.99. The number of aromatic nitrogens is 1. The Bertz CT molecular complexity index is 384. The van der Waals surface area contributed by atoms with Crippen LogP contribution in [0.4, 0.5) is 11.7 Å². The third-order valence-corrected chi connectivity index (χ3v) is 2.40. The number of hydrogen-bond acceptors (Lipinski definition) is 7. The minimum atomic E-state index is -0.541. The number of carbonyl (C=O) groups excluding carboxylic acids is 1. The molecule has 0 amide bonds. The van der Waals surface area contributed by atoms with Gasteiger partial charge in [-0.05, 0) is 0 Å². The van der Waals surface area contributed by atoms with Gasteiger partial charge in [-0.15, -0.1) is 0 Å². The Balaban J connectivity index is 2.29. The number of nitrogens with two attached hydrogens (primary N) is 1. The summed E-state index contributed by atoms with van der Waals surface area (Å²) in [5.41, 5.74) is 5.72. The first-order valence-corrected chi connectivity index (χ1v) is 4.90. The summed E-state index contributed by atoms with van der Waals surface area (Å²) in [6.45, 7) is 2.48. The van der Waals surface area contributed by atoms with E-state index < -0.39 is 5.97 Å². The maximum Gasteiger partial charge on any atom is 0.347 e. The standard InChI is InChI=1S/C9H13N3O4/c1-14-9(13)6-7(10)16-11-8(6)12-2-4-15-5-3-12/h2-5,10H2,1H3. The zero-order valence-corrected chi connectivity index (χ0v) is 8.93. The lowest BCUT2D eigenvalue weighted by molar-refractivity contribution is 0.0601. The van der Waals surface area contributed by atoms with E-state index in [4.69, 9.17) is 15.0 Å². The molecular formula is C9H13N3O4. The van der Waals surface area contributed by atoms with Crippen LogP contribution in [0.1, 0.15) is 10.4 Å². The zero-order chi connectivity index (χ0) is 11.5. The van der Waals surface area contributed by atoms with Gasteiger partial charge in [0.1, 0.15) is 0 Å². The van der Waals surface area contributed by atoms with Crippen LogP contribution in [0.3, 0.4) is 0 Å². The highest BCUT2D eigenvalue weighted by Crippen LogP contribution is 2.26. The fraction of sp³-hybridized carbons (Fsp3) is 0.556. The summed E-state index contributed by atoms with van der Waals surface area (Å²) in [5, 5.41) is 3.78. The van der Waals surface area contributed by atoms with Crippen molar-refractivity contribution in [2.75, 3.05) is 44.0 Å². The lowest BCUT2D eigenvalue weighted by Crippen LogP contribution is -2.37. The molecule has 7 heteroatoms. The predicted octanol–water partition coefficient (Wildman–Crippen LogP) is -0.120. The second-order valence-electron chi connectivity index (χ2n) is 3.34. The summed E-state index contributed by atoms with van der Waals surface area (Å²) < 4.78 is 14.7. The van der Waals surface area contributed by atoms with E-state index >= 15 is 0 Å². The smallest absolute Gasteiger partial charge is 0.347 e. The Labute approximate surface area is 92.1 Å². The quantitative estimate of drug-likeness (QED) is 0.704. The number of rotatable bonds is 2. The largest absolute Gasteiger partial charge is 0.465 e. The Morgan fingerprint density at radius 1 is 1.50 bits per heavy atom. The van der Waals surface area contributed by atoms with Gasteiger partial charge in [0.25, 0.3) is 0 Å². The van der Waals surface area contributed by atoms with Crippen LogP contribution in [-0.2, 0) is 9.47 Å². The zero-order valence-electron chi connectivity index (χ0n) is 8.93. The fourth-order valence-electron chi connectivity index (χ4n) is 1.58. The fourth-order valence-corrected chi connectivity index (χ4v) is 1.58. The third-order valence-electron chi connectivity index (χ3n) is 2.40. The van der Waals surface area contributed by atoms with Crippen molar-refractivity contribution < 1.29 is 18.8 Å². The number of esters is 1. The number of hydrogen-bond donors (Lipinski definition) is 1. The van der Waals surface area contributed by atoms with Crippen molar-refractivity contribution in [2.24, 2.45) is 0 Å². The number of anilines is 2. The molecule has 0 aromatic carbocycles. The van der Waals surface area contributed by atoms with Gasteiger partial charge < -0.3 is 24.6 Å². The summed E-state index contributed by atoms with van der Waals surface area (Å²) in [4.78, 5) is 13.4. The SMILES string of the molecule is COC(=O)c1c(N2CCOCC2)noc1N. The topological polar surface area (TPSA) is 90.8 Å². The second-order valence-corrected chi connectivity index (χ2v) is 3.34. The van der Waals surface area contributed by atoms with Gasteiger partial charge in [0.05, 0.1) is 20.3 Å². The van der Waals surface area contributed by atoms with E-state index in [2.05, 4.69) is 9.89 Å². The van der Waals surface area contributed by atoms with Gasteiger partial charge >= 0.3 is 5.97 Å². The second kappa shape index (κ2) is 4.40. The van der Waals surface area contributed by atoms with E-state index in [-0.39, 0.29) is 11.4 Å². The molecule has 0 unspecified atom stereocenters. The van der Waals surface area contributed by atoms with Gasteiger partial charge in [0.2, 0.25) is 5.88 Å². The van der Waals surface area contributed by atoms with Gasteiger partial charge in [0.15, 0.2) is 11.4 Å². The van der Waals surface area contributed by atoms with E-state index in [1.165, 1.54) is 7.11 Å². The Morgan fingerprint density at radius 3 is 2.81 bits per heavy atom. The molecule has 1 aromatic heterocycles. The molecule has 88 valence electrons. The Hall–Kier alpha value is -1.76. The van der Waals surface area contributed by atoms with Crippen molar-refractivity contribution in [3.05, 3.63) is 5.56 Å². The molecule has 0 bridgehead atoms. The molecule has 0 spiro atoms. The molecule has 2 heterocycles. The molecule has 1 aromatic rings. The molecule has 2 N–H and O–H groups in total. The number of nitrogens with zero attached hydrogens (tertiary/aromatic N) is 2. The number of morpholine rings is 1. The monoisotopic (exact) mass is 227 g/mol. The van der Waals surface area contributed by atoms with E-state index in [9.17, 15) is 4.79 Å². The number of nitrogen functional groups attached to an aromatic ring is 1. The van der Waals surface area contributed by atoms with E-state index in [1.807, 2.05) is 4.90 Å².